The first-order chi connectivity index (χ1) is 9.70. The fraction of sp³-hybridized carbons (Fsp3) is 0.188. The van der Waals surface area contributed by atoms with Crippen molar-refractivity contribution in [2.24, 2.45) is 0 Å². The van der Waals surface area contributed by atoms with Gasteiger partial charge in [-0.2, -0.15) is 0 Å². The van der Waals surface area contributed by atoms with Gasteiger partial charge in [0.2, 0.25) is 0 Å². The van der Waals surface area contributed by atoms with E-state index in [2.05, 4.69) is 5.32 Å². The topological polar surface area (TPSA) is 64.3 Å². The molecule has 0 unspecified atom stereocenters. The molecule has 0 bridgehead atoms. The number of nitrogens with two attached hydrogens (primary N) is 1. The quantitative estimate of drug-likeness (QED) is 0.821. The minimum atomic E-state index is -0.149. The summed E-state index contributed by atoms with van der Waals surface area (Å²) in [5.74, 6) is 0.454. The molecule has 3 N–H and O–H groups in total. The monoisotopic (exact) mass is 270 g/mol. The second-order valence-corrected chi connectivity index (χ2v) is 4.35. The fourth-order valence-corrected chi connectivity index (χ4v) is 1.86. The number of anilines is 1. The van der Waals surface area contributed by atoms with Gasteiger partial charge in [-0.25, -0.2) is 0 Å². The average Bonchev–Trinajstić information content (AvgIpc) is 2.48. The maximum absolute atomic E-state index is 12.0. The highest BCUT2D eigenvalue weighted by atomic mass is 16.5. The van der Waals surface area contributed by atoms with E-state index in [1.165, 1.54) is 0 Å². The Morgan fingerprint density at radius 3 is 2.60 bits per heavy atom. The Morgan fingerprint density at radius 2 is 1.95 bits per heavy atom. The van der Waals surface area contributed by atoms with Crippen LogP contribution in [0.15, 0.2) is 48.5 Å². The molecule has 0 aliphatic rings. The van der Waals surface area contributed by atoms with Gasteiger partial charge in [-0.1, -0.05) is 30.3 Å². The van der Waals surface area contributed by atoms with Crippen LogP contribution >= 0.6 is 0 Å². The number of hydrogen-bond acceptors (Lipinski definition) is 3. The predicted octanol–water partition coefficient (Wildman–Crippen LogP) is 2.60. The number of ether oxygens (including phenoxy) is 1. The molecule has 0 aliphatic carbocycles. The van der Waals surface area contributed by atoms with Gasteiger partial charge in [-0.15, -0.1) is 0 Å². The number of carbonyl (C=O) groups excluding carboxylic acids is 1. The lowest BCUT2D eigenvalue weighted by Crippen LogP contribution is -2.22. The van der Waals surface area contributed by atoms with E-state index in [1.807, 2.05) is 37.3 Å². The number of rotatable bonds is 5. The maximum atomic E-state index is 12.0. The first-order valence-corrected chi connectivity index (χ1v) is 6.55. The van der Waals surface area contributed by atoms with Crippen LogP contribution in [0.3, 0.4) is 0 Å². The van der Waals surface area contributed by atoms with Gasteiger partial charge in [0, 0.05) is 12.1 Å². The highest BCUT2D eigenvalue weighted by Gasteiger charge is 2.08. The molecule has 20 heavy (non-hydrogen) atoms. The van der Waals surface area contributed by atoms with E-state index in [-0.39, 0.29) is 5.91 Å². The zero-order chi connectivity index (χ0) is 14.4. The highest BCUT2D eigenvalue weighted by Crippen LogP contribution is 2.22. The molecule has 0 saturated carbocycles. The van der Waals surface area contributed by atoms with Gasteiger partial charge < -0.3 is 15.8 Å². The van der Waals surface area contributed by atoms with Crippen molar-refractivity contribution in [1.29, 1.82) is 0 Å². The van der Waals surface area contributed by atoms with Crippen molar-refractivity contribution in [3.05, 3.63) is 59.7 Å². The van der Waals surface area contributed by atoms with Crippen LogP contribution in [0.25, 0.3) is 0 Å². The SMILES string of the molecule is CCOc1ccc(C(=O)NCc2ccccc2)cc1N. The van der Waals surface area contributed by atoms with E-state index >= 15 is 0 Å². The molecule has 0 radical (unpaired) electrons. The van der Waals surface area contributed by atoms with Gasteiger partial charge in [-0.05, 0) is 30.7 Å². The number of benzene rings is 2. The van der Waals surface area contributed by atoms with Gasteiger partial charge in [0.25, 0.3) is 5.91 Å². The Bertz CT molecular complexity index is 582. The molecule has 2 rings (SSSR count). The highest BCUT2D eigenvalue weighted by molar-refractivity contribution is 5.95. The van der Waals surface area contributed by atoms with E-state index in [0.717, 1.165) is 5.56 Å². The molecule has 2 aromatic carbocycles. The Morgan fingerprint density at radius 1 is 1.20 bits per heavy atom. The summed E-state index contributed by atoms with van der Waals surface area (Å²) < 4.78 is 5.34. The number of nitrogen functional groups attached to an aromatic ring is 1. The fourth-order valence-electron chi connectivity index (χ4n) is 1.86. The molecular weight excluding hydrogens is 252 g/mol. The maximum Gasteiger partial charge on any atom is 0.251 e. The lowest BCUT2D eigenvalue weighted by atomic mass is 10.1. The lowest BCUT2D eigenvalue weighted by molar-refractivity contribution is 0.0951. The second kappa shape index (κ2) is 6.61. The van der Waals surface area contributed by atoms with Crippen molar-refractivity contribution in [2.75, 3.05) is 12.3 Å². The zero-order valence-electron chi connectivity index (χ0n) is 11.4. The molecule has 0 atom stereocenters. The first kappa shape index (κ1) is 13.9. The van der Waals surface area contributed by atoms with Crippen LogP contribution in [0.2, 0.25) is 0 Å². The summed E-state index contributed by atoms with van der Waals surface area (Å²) in [6.45, 7) is 2.93. The largest absolute Gasteiger partial charge is 0.492 e. The second-order valence-electron chi connectivity index (χ2n) is 4.35. The number of hydrogen-bond donors (Lipinski definition) is 2. The van der Waals surface area contributed by atoms with E-state index < -0.39 is 0 Å². The van der Waals surface area contributed by atoms with E-state index in [4.69, 9.17) is 10.5 Å². The number of carbonyl (C=O) groups is 1. The first-order valence-electron chi connectivity index (χ1n) is 6.55. The predicted molar refractivity (Wildman–Crippen MR) is 79.6 cm³/mol. The average molecular weight is 270 g/mol. The molecular formula is C16H18N2O2. The van der Waals surface area contributed by atoms with Crippen molar-refractivity contribution < 1.29 is 9.53 Å². The Balaban J connectivity index is 2.00. The summed E-state index contributed by atoms with van der Waals surface area (Å²) in [4.78, 5) is 12.0. The molecule has 104 valence electrons. The van der Waals surface area contributed by atoms with Crippen LogP contribution in [-0.2, 0) is 6.54 Å². The summed E-state index contributed by atoms with van der Waals surface area (Å²) in [5.41, 5.74) is 7.90. The molecule has 0 heterocycles. The van der Waals surface area contributed by atoms with Gasteiger partial charge in [-0.3, -0.25) is 4.79 Å². The molecule has 4 heteroatoms. The van der Waals surface area contributed by atoms with E-state index in [0.29, 0.717) is 30.2 Å². The normalized spacial score (nSPS) is 10.1. The minimum Gasteiger partial charge on any atom is -0.492 e. The lowest BCUT2D eigenvalue weighted by Gasteiger charge is -2.09. The number of nitrogens with one attached hydrogen (secondary N) is 1. The van der Waals surface area contributed by atoms with Crippen LogP contribution in [0.1, 0.15) is 22.8 Å². The van der Waals surface area contributed by atoms with Crippen LogP contribution in [0.4, 0.5) is 5.69 Å². The summed E-state index contributed by atoms with van der Waals surface area (Å²) in [7, 11) is 0. The van der Waals surface area contributed by atoms with Gasteiger partial charge >= 0.3 is 0 Å². The minimum absolute atomic E-state index is 0.149. The summed E-state index contributed by atoms with van der Waals surface area (Å²) in [6.07, 6.45) is 0. The molecule has 1 amide bonds. The zero-order valence-corrected chi connectivity index (χ0v) is 11.4. The molecule has 0 saturated heterocycles. The Hall–Kier alpha value is -2.49. The van der Waals surface area contributed by atoms with Crippen molar-refractivity contribution in [2.45, 2.75) is 13.5 Å². The van der Waals surface area contributed by atoms with Crippen LogP contribution < -0.4 is 15.8 Å². The number of amides is 1. The molecule has 0 aromatic heterocycles. The standard InChI is InChI=1S/C16H18N2O2/c1-2-20-15-9-8-13(10-14(15)17)16(19)18-11-12-6-4-3-5-7-12/h3-10H,2,11,17H2,1H3,(H,18,19). The molecule has 0 fully saturated rings. The third-order valence-electron chi connectivity index (χ3n) is 2.87. The van der Waals surface area contributed by atoms with Gasteiger partial charge in [0.15, 0.2) is 0 Å². The smallest absolute Gasteiger partial charge is 0.251 e. The van der Waals surface area contributed by atoms with Crippen LogP contribution in [0, 0.1) is 0 Å². The van der Waals surface area contributed by atoms with Crippen molar-refractivity contribution in [1.82, 2.24) is 5.32 Å². The third-order valence-corrected chi connectivity index (χ3v) is 2.87. The van der Waals surface area contributed by atoms with Crippen LogP contribution in [-0.4, -0.2) is 12.5 Å². The van der Waals surface area contributed by atoms with Gasteiger partial charge in [0.05, 0.1) is 12.3 Å². The van der Waals surface area contributed by atoms with Crippen LogP contribution in [0.5, 0.6) is 5.75 Å². The Kier molecular flexibility index (Phi) is 4.60. The molecule has 4 nitrogen and oxygen atoms in total. The van der Waals surface area contributed by atoms with Crippen molar-refractivity contribution in [3.63, 3.8) is 0 Å². The van der Waals surface area contributed by atoms with E-state index in [9.17, 15) is 4.79 Å². The van der Waals surface area contributed by atoms with E-state index in [1.54, 1.807) is 18.2 Å². The molecule has 0 aliphatic heterocycles. The summed E-state index contributed by atoms with van der Waals surface area (Å²) in [6, 6.07) is 14.8. The summed E-state index contributed by atoms with van der Waals surface area (Å²) in [5, 5.41) is 2.86. The summed E-state index contributed by atoms with van der Waals surface area (Å²) >= 11 is 0. The Labute approximate surface area is 118 Å². The van der Waals surface area contributed by atoms with Crippen molar-refractivity contribution >= 4 is 11.6 Å². The molecule has 2 aromatic rings. The molecule has 0 spiro atoms. The third kappa shape index (κ3) is 3.51. The van der Waals surface area contributed by atoms with Gasteiger partial charge in [0.1, 0.15) is 5.75 Å². The van der Waals surface area contributed by atoms with Crippen molar-refractivity contribution in [3.8, 4) is 5.75 Å².